The first-order chi connectivity index (χ1) is 12.1. The van der Waals surface area contributed by atoms with Crippen LogP contribution < -0.4 is 5.32 Å². The molecule has 0 unspecified atom stereocenters. The number of anilines is 1. The number of fused-ring (bicyclic) bond motifs is 1. The Hall–Kier alpha value is -2.67. The number of carbonyl (C=O) groups excluding carboxylic acids is 1. The molecule has 0 radical (unpaired) electrons. The van der Waals surface area contributed by atoms with Crippen molar-refractivity contribution in [2.75, 3.05) is 5.32 Å². The Morgan fingerprint density at radius 1 is 1.00 bits per heavy atom. The Morgan fingerprint density at radius 2 is 1.65 bits per heavy atom. The van der Waals surface area contributed by atoms with E-state index in [0.29, 0.717) is 11.0 Å². The lowest BCUT2D eigenvalue weighted by Crippen LogP contribution is -2.13. The van der Waals surface area contributed by atoms with Gasteiger partial charge in [-0.3, -0.25) is 4.79 Å². The number of rotatable bonds is 2. The van der Waals surface area contributed by atoms with Crippen LogP contribution in [0.25, 0.3) is 11.0 Å². The molecule has 0 saturated carbocycles. The molecule has 1 heterocycles. The summed E-state index contributed by atoms with van der Waals surface area (Å²) in [5.74, 6) is -0.553. The SMILES string of the molecule is Cc1nc2ccc(C(=O)Nc3ccc(Cl)c(C(F)(F)F)c3)cc2nc1C. The standard InChI is InChI=1S/C18H13ClF3N3O/c1-9-10(2)24-16-7-11(3-6-15(16)23-9)17(26)25-12-4-5-14(19)13(8-12)18(20,21)22/h3-8H,1-2H3,(H,25,26). The average molecular weight is 380 g/mol. The maximum absolute atomic E-state index is 12.9. The summed E-state index contributed by atoms with van der Waals surface area (Å²) in [6, 6.07) is 7.94. The highest BCUT2D eigenvalue weighted by Gasteiger charge is 2.33. The molecule has 2 aromatic carbocycles. The van der Waals surface area contributed by atoms with Crippen LogP contribution in [-0.4, -0.2) is 15.9 Å². The molecule has 134 valence electrons. The fourth-order valence-electron chi connectivity index (χ4n) is 2.40. The third-order valence-corrected chi connectivity index (χ3v) is 4.20. The Bertz CT molecular complexity index is 1020. The zero-order valence-corrected chi connectivity index (χ0v) is 14.5. The molecule has 4 nitrogen and oxygen atoms in total. The molecule has 3 aromatic rings. The van der Waals surface area contributed by atoms with E-state index in [4.69, 9.17) is 11.6 Å². The molecule has 0 spiro atoms. The molecule has 0 aliphatic heterocycles. The van der Waals surface area contributed by atoms with Crippen molar-refractivity contribution in [1.29, 1.82) is 0 Å². The van der Waals surface area contributed by atoms with Crippen molar-refractivity contribution in [1.82, 2.24) is 9.97 Å². The van der Waals surface area contributed by atoms with Crippen LogP contribution in [0.1, 0.15) is 27.3 Å². The van der Waals surface area contributed by atoms with E-state index in [-0.39, 0.29) is 11.3 Å². The van der Waals surface area contributed by atoms with Gasteiger partial charge < -0.3 is 5.32 Å². The summed E-state index contributed by atoms with van der Waals surface area (Å²) >= 11 is 5.58. The number of aryl methyl sites for hydroxylation is 2. The Morgan fingerprint density at radius 3 is 2.31 bits per heavy atom. The molecule has 1 N–H and O–H groups in total. The third-order valence-electron chi connectivity index (χ3n) is 3.87. The van der Waals surface area contributed by atoms with Gasteiger partial charge in [-0.05, 0) is 50.2 Å². The van der Waals surface area contributed by atoms with Crippen LogP contribution in [0.5, 0.6) is 0 Å². The van der Waals surface area contributed by atoms with Gasteiger partial charge in [0, 0.05) is 11.3 Å². The van der Waals surface area contributed by atoms with E-state index in [2.05, 4.69) is 15.3 Å². The minimum atomic E-state index is -4.61. The summed E-state index contributed by atoms with van der Waals surface area (Å²) in [4.78, 5) is 21.1. The lowest BCUT2D eigenvalue weighted by atomic mass is 10.1. The second-order valence-electron chi connectivity index (χ2n) is 5.74. The summed E-state index contributed by atoms with van der Waals surface area (Å²) in [6.07, 6.45) is -4.61. The van der Waals surface area contributed by atoms with Gasteiger partial charge in [0.05, 0.1) is 33.0 Å². The molecular weight excluding hydrogens is 367 g/mol. The van der Waals surface area contributed by atoms with Crippen molar-refractivity contribution in [2.45, 2.75) is 20.0 Å². The minimum Gasteiger partial charge on any atom is -0.322 e. The highest BCUT2D eigenvalue weighted by Crippen LogP contribution is 2.36. The van der Waals surface area contributed by atoms with Crippen LogP contribution in [-0.2, 0) is 6.18 Å². The van der Waals surface area contributed by atoms with E-state index >= 15 is 0 Å². The van der Waals surface area contributed by atoms with Crippen molar-refractivity contribution in [3.05, 3.63) is 63.9 Å². The van der Waals surface area contributed by atoms with Crippen molar-refractivity contribution in [3.63, 3.8) is 0 Å². The molecule has 0 saturated heterocycles. The van der Waals surface area contributed by atoms with Crippen LogP contribution in [0.15, 0.2) is 36.4 Å². The number of benzene rings is 2. The van der Waals surface area contributed by atoms with E-state index < -0.39 is 22.7 Å². The van der Waals surface area contributed by atoms with Crippen molar-refractivity contribution >= 4 is 34.2 Å². The normalized spacial score (nSPS) is 11.6. The number of amides is 1. The number of halogens is 4. The number of alkyl halides is 3. The van der Waals surface area contributed by atoms with E-state index in [1.165, 1.54) is 6.07 Å². The molecular formula is C18H13ClF3N3O. The molecule has 3 rings (SSSR count). The summed E-state index contributed by atoms with van der Waals surface area (Å²) in [7, 11) is 0. The zero-order valence-electron chi connectivity index (χ0n) is 13.8. The monoisotopic (exact) mass is 379 g/mol. The zero-order chi connectivity index (χ0) is 19.1. The van der Waals surface area contributed by atoms with E-state index in [1.807, 2.05) is 6.92 Å². The highest BCUT2D eigenvalue weighted by atomic mass is 35.5. The quantitative estimate of drug-likeness (QED) is 0.668. The first-order valence-electron chi connectivity index (χ1n) is 7.58. The van der Waals surface area contributed by atoms with Gasteiger partial charge in [-0.2, -0.15) is 13.2 Å². The Balaban J connectivity index is 1.91. The number of hydrogen-bond donors (Lipinski definition) is 1. The molecule has 0 atom stereocenters. The smallest absolute Gasteiger partial charge is 0.322 e. The number of nitrogens with zero attached hydrogens (tertiary/aromatic N) is 2. The van der Waals surface area contributed by atoms with Crippen LogP contribution in [0.3, 0.4) is 0 Å². The van der Waals surface area contributed by atoms with Gasteiger partial charge in [-0.1, -0.05) is 11.6 Å². The molecule has 1 aromatic heterocycles. The third kappa shape index (κ3) is 3.62. The number of carbonyl (C=O) groups is 1. The topological polar surface area (TPSA) is 54.9 Å². The molecule has 0 bridgehead atoms. The van der Waals surface area contributed by atoms with Crippen molar-refractivity contribution < 1.29 is 18.0 Å². The summed E-state index contributed by atoms with van der Waals surface area (Å²) in [5, 5.41) is 2.01. The van der Waals surface area contributed by atoms with E-state index in [9.17, 15) is 18.0 Å². The number of hydrogen-bond acceptors (Lipinski definition) is 3. The fourth-order valence-corrected chi connectivity index (χ4v) is 2.62. The van der Waals surface area contributed by atoms with Gasteiger partial charge in [0.2, 0.25) is 0 Å². The fraction of sp³-hybridized carbons (Fsp3) is 0.167. The maximum Gasteiger partial charge on any atom is 0.417 e. The van der Waals surface area contributed by atoms with Crippen LogP contribution in [0, 0.1) is 13.8 Å². The lowest BCUT2D eigenvalue weighted by Gasteiger charge is -2.12. The van der Waals surface area contributed by atoms with E-state index in [0.717, 1.165) is 23.5 Å². The minimum absolute atomic E-state index is 0.00186. The lowest BCUT2D eigenvalue weighted by molar-refractivity contribution is -0.137. The molecule has 26 heavy (non-hydrogen) atoms. The summed E-state index contributed by atoms with van der Waals surface area (Å²) in [6.45, 7) is 3.64. The first kappa shape index (κ1) is 18.1. The second-order valence-corrected chi connectivity index (χ2v) is 6.15. The number of aromatic nitrogens is 2. The molecule has 0 fully saturated rings. The maximum atomic E-state index is 12.9. The molecule has 1 amide bonds. The second kappa shape index (κ2) is 6.57. The molecule has 8 heteroatoms. The van der Waals surface area contributed by atoms with E-state index in [1.54, 1.807) is 25.1 Å². The van der Waals surface area contributed by atoms with Gasteiger partial charge in [0.1, 0.15) is 0 Å². The number of nitrogens with one attached hydrogen (secondary N) is 1. The largest absolute Gasteiger partial charge is 0.417 e. The van der Waals surface area contributed by atoms with Crippen molar-refractivity contribution in [2.24, 2.45) is 0 Å². The van der Waals surface area contributed by atoms with Crippen LogP contribution >= 0.6 is 11.6 Å². The summed E-state index contributed by atoms with van der Waals surface area (Å²) in [5.41, 5.74) is 1.95. The van der Waals surface area contributed by atoms with Gasteiger partial charge >= 0.3 is 6.18 Å². The molecule has 0 aliphatic carbocycles. The van der Waals surface area contributed by atoms with Gasteiger partial charge in [0.15, 0.2) is 0 Å². The van der Waals surface area contributed by atoms with Crippen LogP contribution in [0.2, 0.25) is 5.02 Å². The van der Waals surface area contributed by atoms with Gasteiger partial charge in [-0.15, -0.1) is 0 Å². The predicted molar refractivity (Wildman–Crippen MR) is 93.4 cm³/mol. The highest BCUT2D eigenvalue weighted by molar-refractivity contribution is 6.31. The van der Waals surface area contributed by atoms with Gasteiger partial charge in [-0.25, -0.2) is 9.97 Å². The molecule has 0 aliphatic rings. The Kier molecular flexibility index (Phi) is 4.58. The van der Waals surface area contributed by atoms with Crippen LogP contribution in [0.4, 0.5) is 18.9 Å². The summed E-state index contributed by atoms with van der Waals surface area (Å²) < 4.78 is 38.8. The Labute approximate surface area is 152 Å². The van der Waals surface area contributed by atoms with Gasteiger partial charge in [0.25, 0.3) is 5.91 Å². The first-order valence-corrected chi connectivity index (χ1v) is 7.96. The average Bonchev–Trinajstić information content (AvgIpc) is 2.56. The van der Waals surface area contributed by atoms with Crippen molar-refractivity contribution in [3.8, 4) is 0 Å². The predicted octanol–water partition coefficient (Wildman–Crippen LogP) is 5.17.